The topological polar surface area (TPSA) is 54.9 Å². The lowest BCUT2D eigenvalue weighted by Crippen LogP contribution is -2.20. The Labute approximate surface area is 132 Å². The van der Waals surface area contributed by atoms with Gasteiger partial charge in [-0.1, -0.05) is 41.9 Å². The number of hydrogen-bond donors (Lipinski definition) is 1. The minimum Gasteiger partial charge on any atom is -0.295 e. The summed E-state index contributed by atoms with van der Waals surface area (Å²) in [5, 5.41) is 3.41. The number of para-hydroxylation sites is 1. The first-order valence-corrected chi connectivity index (χ1v) is 7.13. The highest BCUT2D eigenvalue weighted by atomic mass is 35.5. The van der Waals surface area contributed by atoms with Crippen LogP contribution in [-0.2, 0) is 0 Å². The molecule has 0 radical (unpaired) electrons. The Morgan fingerprint density at radius 1 is 1.09 bits per heavy atom. The molecule has 5 heteroatoms. The van der Waals surface area contributed by atoms with Crippen molar-refractivity contribution in [2.45, 2.75) is 6.92 Å². The molecule has 4 nitrogen and oxygen atoms in total. The normalized spacial score (nSPS) is 10.6. The van der Waals surface area contributed by atoms with Gasteiger partial charge in [-0.05, 0) is 31.2 Å². The van der Waals surface area contributed by atoms with Gasteiger partial charge in [0.1, 0.15) is 5.56 Å². The van der Waals surface area contributed by atoms with Crippen molar-refractivity contribution in [3.8, 4) is 5.69 Å². The smallest absolute Gasteiger partial charge is 0.282 e. The molecule has 3 aromatic rings. The molecule has 0 aliphatic heterocycles. The van der Waals surface area contributed by atoms with Crippen LogP contribution in [0.2, 0.25) is 5.02 Å². The molecule has 0 unspecified atom stereocenters. The number of aromatic nitrogens is 2. The largest absolute Gasteiger partial charge is 0.295 e. The van der Waals surface area contributed by atoms with Gasteiger partial charge >= 0.3 is 0 Å². The second-order valence-corrected chi connectivity index (χ2v) is 5.36. The maximum atomic E-state index is 12.6. The third kappa shape index (κ3) is 2.49. The van der Waals surface area contributed by atoms with E-state index in [-0.39, 0.29) is 16.9 Å². The SMILES string of the molecule is Cc1[nH]n(-c2ccccc2)c(=O)c1C(=O)c1cccc(Cl)c1. The Bertz CT molecular complexity index is 895. The number of carbonyl (C=O) groups is 1. The van der Waals surface area contributed by atoms with E-state index < -0.39 is 0 Å². The van der Waals surface area contributed by atoms with Crippen LogP contribution in [0, 0.1) is 6.92 Å². The van der Waals surface area contributed by atoms with Gasteiger partial charge < -0.3 is 0 Å². The maximum absolute atomic E-state index is 12.6. The average molecular weight is 313 g/mol. The second-order valence-electron chi connectivity index (χ2n) is 4.93. The summed E-state index contributed by atoms with van der Waals surface area (Å²) in [4.78, 5) is 25.2. The third-order valence-corrected chi connectivity index (χ3v) is 3.63. The molecule has 2 aromatic carbocycles. The van der Waals surface area contributed by atoms with Crippen molar-refractivity contribution in [2.24, 2.45) is 0 Å². The summed E-state index contributed by atoms with van der Waals surface area (Å²) < 4.78 is 1.37. The average Bonchev–Trinajstić information content (AvgIpc) is 2.82. The molecule has 1 aromatic heterocycles. The fourth-order valence-corrected chi connectivity index (χ4v) is 2.54. The highest BCUT2D eigenvalue weighted by Crippen LogP contribution is 2.15. The van der Waals surface area contributed by atoms with Crippen LogP contribution < -0.4 is 5.56 Å². The van der Waals surface area contributed by atoms with E-state index in [1.165, 1.54) is 4.68 Å². The van der Waals surface area contributed by atoms with Crippen LogP contribution >= 0.6 is 11.6 Å². The molecule has 22 heavy (non-hydrogen) atoms. The quantitative estimate of drug-likeness (QED) is 0.754. The predicted octanol–water partition coefficient (Wildman–Crippen LogP) is 3.36. The van der Waals surface area contributed by atoms with E-state index in [9.17, 15) is 9.59 Å². The molecule has 0 bridgehead atoms. The van der Waals surface area contributed by atoms with Crippen LogP contribution in [-0.4, -0.2) is 15.6 Å². The van der Waals surface area contributed by atoms with Crippen molar-refractivity contribution in [3.63, 3.8) is 0 Å². The van der Waals surface area contributed by atoms with E-state index >= 15 is 0 Å². The number of halogens is 1. The molecular weight excluding hydrogens is 300 g/mol. The number of rotatable bonds is 3. The van der Waals surface area contributed by atoms with Gasteiger partial charge in [0.05, 0.1) is 5.69 Å². The summed E-state index contributed by atoms with van der Waals surface area (Å²) in [5.74, 6) is -0.337. The van der Waals surface area contributed by atoms with Gasteiger partial charge in [0, 0.05) is 16.3 Å². The molecule has 0 spiro atoms. The Balaban J connectivity index is 2.11. The molecule has 0 amide bonds. The molecule has 1 N–H and O–H groups in total. The Morgan fingerprint density at radius 3 is 2.50 bits per heavy atom. The molecule has 3 rings (SSSR count). The van der Waals surface area contributed by atoms with Crippen molar-refractivity contribution < 1.29 is 4.79 Å². The number of hydrogen-bond acceptors (Lipinski definition) is 2. The van der Waals surface area contributed by atoms with E-state index in [0.717, 1.165) is 0 Å². The summed E-state index contributed by atoms with van der Waals surface area (Å²) in [6.45, 7) is 1.71. The van der Waals surface area contributed by atoms with Crippen LogP contribution in [0.4, 0.5) is 0 Å². The highest BCUT2D eigenvalue weighted by molar-refractivity contribution is 6.31. The van der Waals surface area contributed by atoms with Gasteiger partial charge in [0.2, 0.25) is 5.78 Å². The molecular formula is C17H13ClN2O2. The number of H-pyrrole nitrogens is 1. The van der Waals surface area contributed by atoms with Gasteiger partial charge in [0.25, 0.3) is 5.56 Å². The zero-order valence-corrected chi connectivity index (χ0v) is 12.6. The summed E-state index contributed by atoms with van der Waals surface area (Å²) in [5.41, 5.74) is 1.37. The first-order chi connectivity index (χ1) is 10.6. The molecule has 0 atom stereocenters. The van der Waals surface area contributed by atoms with Crippen LogP contribution in [0.15, 0.2) is 59.4 Å². The third-order valence-electron chi connectivity index (χ3n) is 3.40. The fraction of sp³-hybridized carbons (Fsp3) is 0.0588. The Kier molecular flexibility index (Phi) is 3.69. The van der Waals surface area contributed by atoms with E-state index in [2.05, 4.69) is 5.10 Å². The lowest BCUT2D eigenvalue weighted by molar-refractivity contribution is 0.103. The molecule has 0 saturated heterocycles. The first-order valence-electron chi connectivity index (χ1n) is 6.75. The van der Waals surface area contributed by atoms with E-state index in [1.54, 1.807) is 43.3 Å². The molecule has 0 saturated carbocycles. The van der Waals surface area contributed by atoms with E-state index in [0.29, 0.717) is 22.0 Å². The summed E-state index contributed by atoms with van der Waals surface area (Å²) in [6, 6.07) is 15.7. The van der Waals surface area contributed by atoms with Crippen LogP contribution in [0.5, 0.6) is 0 Å². The standard InChI is InChI=1S/C17H13ClN2O2/c1-11-15(16(21)12-6-5-7-13(18)10-12)17(22)20(19-11)14-8-3-2-4-9-14/h2-10,19H,1H3. The number of benzene rings is 2. The lowest BCUT2D eigenvalue weighted by Gasteiger charge is -2.00. The second kappa shape index (κ2) is 5.66. The first kappa shape index (κ1) is 14.4. The zero-order valence-electron chi connectivity index (χ0n) is 11.8. The van der Waals surface area contributed by atoms with Crippen LogP contribution in [0.1, 0.15) is 21.6 Å². The van der Waals surface area contributed by atoms with Gasteiger partial charge in [-0.25, -0.2) is 4.68 Å². The summed E-state index contributed by atoms with van der Waals surface area (Å²) in [6.07, 6.45) is 0. The number of nitrogens with zero attached hydrogens (tertiary/aromatic N) is 1. The van der Waals surface area contributed by atoms with Crippen molar-refractivity contribution in [2.75, 3.05) is 0 Å². The number of ketones is 1. The lowest BCUT2D eigenvalue weighted by atomic mass is 10.0. The Hall–Kier alpha value is -2.59. The molecule has 1 heterocycles. The molecule has 0 aliphatic rings. The monoisotopic (exact) mass is 312 g/mol. The van der Waals surface area contributed by atoms with Crippen LogP contribution in [0.3, 0.4) is 0 Å². The van der Waals surface area contributed by atoms with Gasteiger partial charge in [-0.3, -0.25) is 14.7 Å². The predicted molar refractivity (Wildman–Crippen MR) is 86.0 cm³/mol. The number of carbonyl (C=O) groups excluding carboxylic acids is 1. The Morgan fingerprint density at radius 2 is 1.82 bits per heavy atom. The highest BCUT2D eigenvalue weighted by Gasteiger charge is 2.20. The van der Waals surface area contributed by atoms with Crippen molar-refractivity contribution in [3.05, 3.63) is 86.8 Å². The summed E-state index contributed by atoms with van der Waals surface area (Å²) in [7, 11) is 0. The van der Waals surface area contributed by atoms with Crippen molar-refractivity contribution in [1.82, 2.24) is 9.78 Å². The number of aryl methyl sites for hydroxylation is 1. The maximum Gasteiger partial charge on any atom is 0.282 e. The number of aromatic amines is 1. The van der Waals surface area contributed by atoms with Gasteiger partial charge in [0.15, 0.2) is 0 Å². The van der Waals surface area contributed by atoms with Crippen molar-refractivity contribution in [1.29, 1.82) is 0 Å². The molecule has 0 aliphatic carbocycles. The van der Waals surface area contributed by atoms with Gasteiger partial charge in [-0.15, -0.1) is 0 Å². The van der Waals surface area contributed by atoms with E-state index in [4.69, 9.17) is 11.6 Å². The van der Waals surface area contributed by atoms with Crippen molar-refractivity contribution >= 4 is 17.4 Å². The molecule has 0 fully saturated rings. The van der Waals surface area contributed by atoms with E-state index in [1.807, 2.05) is 18.2 Å². The minimum atomic E-state index is -0.367. The fourth-order valence-electron chi connectivity index (χ4n) is 2.35. The molecule has 110 valence electrons. The minimum absolute atomic E-state index is 0.131. The van der Waals surface area contributed by atoms with Gasteiger partial charge in [-0.2, -0.15) is 0 Å². The van der Waals surface area contributed by atoms with Crippen LogP contribution in [0.25, 0.3) is 5.69 Å². The summed E-state index contributed by atoms with van der Waals surface area (Å²) >= 11 is 5.91. The zero-order chi connectivity index (χ0) is 15.7. The number of nitrogens with one attached hydrogen (secondary N) is 1.